The van der Waals surface area contributed by atoms with Crippen molar-refractivity contribution in [3.8, 4) is 0 Å². The average molecular weight is 312 g/mol. The maximum absolute atomic E-state index is 12.4. The monoisotopic (exact) mass is 312 g/mol. The molecule has 0 heterocycles. The number of carbonyl (C=O) groups is 1. The van der Waals surface area contributed by atoms with E-state index in [1.807, 2.05) is 42.5 Å². The van der Waals surface area contributed by atoms with Crippen molar-refractivity contribution in [1.29, 1.82) is 0 Å². The van der Waals surface area contributed by atoms with E-state index < -0.39 is 0 Å². The molecule has 0 aliphatic carbocycles. The third kappa shape index (κ3) is 4.15. The molecule has 2 rings (SSSR count). The third-order valence-electron chi connectivity index (χ3n) is 3.46. The number of nitrogens with two attached hydrogens (primary N) is 1. The van der Waals surface area contributed by atoms with Gasteiger partial charge in [0.05, 0.1) is 4.99 Å². The van der Waals surface area contributed by atoms with E-state index in [1.54, 1.807) is 6.07 Å². The van der Waals surface area contributed by atoms with E-state index in [1.165, 1.54) is 5.56 Å². The van der Waals surface area contributed by atoms with Gasteiger partial charge in [-0.25, -0.2) is 0 Å². The highest BCUT2D eigenvalue weighted by atomic mass is 32.1. The zero-order valence-electron chi connectivity index (χ0n) is 12.8. The van der Waals surface area contributed by atoms with E-state index in [-0.39, 0.29) is 5.91 Å². The molecular weight excluding hydrogens is 292 g/mol. The normalized spacial score (nSPS) is 10.5. The standard InChI is InChI=1S/C18H20N2OS/c1-12(2)13-7-9-15(10-8-13)20-18(21)16-6-4-3-5-14(16)11-17(19)22/h3-10,12H,11H2,1-2H3,(H2,19,22)(H,20,21). The number of carbonyl (C=O) groups excluding carboxylic acids is 1. The maximum Gasteiger partial charge on any atom is 0.255 e. The second-order valence-electron chi connectivity index (χ2n) is 5.53. The first kappa shape index (κ1) is 16.2. The quantitative estimate of drug-likeness (QED) is 0.824. The number of benzene rings is 2. The van der Waals surface area contributed by atoms with Gasteiger partial charge >= 0.3 is 0 Å². The summed E-state index contributed by atoms with van der Waals surface area (Å²) in [5.41, 5.74) is 9.05. The molecule has 3 nitrogen and oxygen atoms in total. The molecular formula is C18H20N2OS. The summed E-state index contributed by atoms with van der Waals surface area (Å²) in [7, 11) is 0. The Morgan fingerprint density at radius 3 is 2.36 bits per heavy atom. The smallest absolute Gasteiger partial charge is 0.255 e. The molecule has 2 aromatic rings. The molecule has 0 saturated heterocycles. The minimum atomic E-state index is -0.149. The Kier molecular flexibility index (Phi) is 5.28. The number of thiocarbonyl (C=S) groups is 1. The summed E-state index contributed by atoms with van der Waals surface area (Å²) in [5, 5.41) is 2.91. The van der Waals surface area contributed by atoms with Crippen LogP contribution in [0, 0.1) is 0 Å². The molecule has 0 saturated carbocycles. The number of anilines is 1. The zero-order valence-corrected chi connectivity index (χ0v) is 13.6. The van der Waals surface area contributed by atoms with Gasteiger partial charge in [0.2, 0.25) is 0 Å². The van der Waals surface area contributed by atoms with Crippen molar-refractivity contribution in [2.75, 3.05) is 5.32 Å². The van der Waals surface area contributed by atoms with Gasteiger partial charge in [0.25, 0.3) is 5.91 Å². The summed E-state index contributed by atoms with van der Waals surface area (Å²) in [4.78, 5) is 12.8. The minimum absolute atomic E-state index is 0.149. The lowest BCUT2D eigenvalue weighted by molar-refractivity contribution is 0.102. The van der Waals surface area contributed by atoms with Gasteiger partial charge in [-0.15, -0.1) is 0 Å². The summed E-state index contributed by atoms with van der Waals surface area (Å²) in [6.45, 7) is 4.28. The van der Waals surface area contributed by atoms with Crippen molar-refractivity contribution in [3.63, 3.8) is 0 Å². The summed E-state index contributed by atoms with van der Waals surface area (Å²) in [6.07, 6.45) is 0.422. The summed E-state index contributed by atoms with van der Waals surface area (Å²) in [5.74, 6) is 0.320. The Labute approximate surface area is 136 Å². The molecule has 0 aromatic heterocycles. The zero-order chi connectivity index (χ0) is 16.1. The fourth-order valence-electron chi connectivity index (χ4n) is 2.23. The third-order valence-corrected chi connectivity index (χ3v) is 3.61. The molecule has 0 unspecified atom stereocenters. The predicted octanol–water partition coefficient (Wildman–Crippen LogP) is 3.89. The highest BCUT2D eigenvalue weighted by Gasteiger charge is 2.11. The Bertz CT molecular complexity index is 678. The second-order valence-corrected chi connectivity index (χ2v) is 6.06. The molecule has 114 valence electrons. The molecule has 0 radical (unpaired) electrons. The molecule has 0 bridgehead atoms. The van der Waals surface area contributed by atoms with Crippen LogP contribution in [0.3, 0.4) is 0 Å². The largest absolute Gasteiger partial charge is 0.393 e. The first-order valence-electron chi connectivity index (χ1n) is 7.25. The molecule has 1 amide bonds. The van der Waals surface area contributed by atoms with Crippen LogP contribution in [-0.4, -0.2) is 10.9 Å². The minimum Gasteiger partial charge on any atom is -0.393 e. The van der Waals surface area contributed by atoms with Gasteiger partial charge in [0.15, 0.2) is 0 Å². The van der Waals surface area contributed by atoms with Gasteiger partial charge in [0, 0.05) is 17.7 Å². The Hall–Kier alpha value is -2.20. The number of rotatable bonds is 5. The lowest BCUT2D eigenvalue weighted by Gasteiger charge is -2.11. The van der Waals surface area contributed by atoms with E-state index in [0.29, 0.717) is 22.9 Å². The van der Waals surface area contributed by atoms with Crippen LogP contribution in [0.5, 0.6) is 0 Å². The maximum atomic E-state index is 12.4. The molecule has 0 aliphatic heterocycles. The van der Waals surface area contributed by atoms with Gasteiger partial charge in [-0.3, -0.25) is 4.79 Å². The van der Waals surface area contributed by atoms with Gasteiger partial charge in [-0.05, 0) is 35.2 Å². The van der Waals surface area contributed by atoms with E-state index in [0.717, 1.165) is 11.3 Å². The Balaban J connectivity index is 2.17. The number of hydrogen-bond donors (Lipinski definition) is 2. The molecule has 0 spiro atoms. The topological polar surface area (TPSA) is 55.1 Å². The number of hydrogen-bond acceptors (Lipinski definition) is 2. The van der Waals surface area contributed by atoms with Crippen LogP contribution in [0.4, 0.5) is 5.69 Å². The Morgan fingerprint density at radius 2 is 1.77 bits per heavy atom. The SMILES string of the molecule is CC(C)c1ccc(NC(=O)c2ccccc2CC(N)=S)cc1. The van der Waals surface area contributed by atoms with Crippen LogP contribution in [0.1, 0.15) is 41.3 Å². The highest BCUT2D eigenvalue weighted by Crippen LogP contribution is 2.18. The molecule has 4 heteroatoms. The van der Waals surface area contributed by atoms with Gasteiger partial charge in [-0.1, -0.05) is 56.4 Å². The molecule has 0 aliphatic rings. The first-order valence-corrected chi connectivity index (χ1v) is 7.65. The fourth-order valence-corrected chi connectivity index (χ4v) is 2.39. The van der Waals surface area contributed by atoms with Crippen molar-refractivity contribution in [2.24, 2.45) is 5.73 Å². The lowest BCUT2D eigenvalue weighted by Crippen LogP contribution is -2.18. The van der Waals surface area contributed by atoms with Crippen molar-refractivity contribution >= 4 is 28.8 Å². The van der Waals surface area contributed by atoms with Gasteiger partial charge in [0.1, 0.15) is 0 Å². The first-order chi connectivity index (χ1) is 10.5. The van der Waals surface area contributed by atoms with E-state index in [4.69, 9.17) is 18.0 Å². The molecule has 22 heavy (non-hydrogen) atoms. The van der Waals surface area contributed by atoms with Crippen molar-refractivity contribution < 1.29 is 4.79 Å². The van der Waals surface area contributed by atoms with E-state index in [9.17, 15) is 4.79 Å². The summed E-state index contributed by atoms with van der Waals surface area (Å²) < 4.78 is 0. The van der Waals surface area contributed by atoms with Crippen molar-refractivity contribution in [3.05, 3.63) is 65.2 Å². The fraction of sp³-hybridized carbons (Fsp3) is 0.222. The van der Waals surface area contributed by atoms with Crippen molar-refractivity contribution in [2.45, 2.75) is 26.2 Å². The average Bonchev–Trinajstić information content (AvgIpc) is 2.47. The summed E-state index contributed by atoms with van der Waals surface area (Å²) in [6, 6.07) is 15.3. The predicted molar refractivity (Wildman–Crippen MR) is 95.4 cm³/mol. The van der Waals surface area contributed by atoms with Crippen LogP contribution in [0.25, 0.3) is 0 Å². The van der Waals surface area contributed by atoms with Crippen molar-refractivity contribution in [1.82, 2.24) is 0 Å². The number of nitrogens with one attached hydrogen (secondary N) is 1. The van der Waals surface area contributed by atoms with E-state index >= 15 is 0 Å². The Morgan fingerprint density at radius 1 is 1.14 bits per heavy atom. The van der Waals surface area contributed by atoms with E-state index in [2.05, 4.69) is 19.2 Å². The molecule has 0 fully saturated rings. The second kappa shape index (κ2) is 7.18. The summed E-state index contributed by atoms with van der Waals surface area (Å²) >= 11 is 4.94. The molecule has 0 atom stereocenters. The molecule has 3 N–H and O–H groups in total. The van der Waals surface area contributed by atoms with Crippen LogP contribution >= 0.6 is 12.2 Å². The number of amides is 1. The van der Waals surface area contributed by atoms with Gasteiger partial charge < -0.3 is 11.1 Å². The van der Waals surface area contributed by atoms with Crippen LogP contribution < -0.4 is 11.1 Å². The van der Waals surface area contributed by atoms with Crippen LogP contribution in [0.15, 0.2) is 48.5 Å². The van der Waals surface area contributed by atoms with Crippen LogP contribution in [-0.2, 0) is 6.42 Å². The lowest BCUT2D eigenvalue weighted by atomic mass is 10.0. The molecule has 2 aromatic carbocycles. The highest BCUT2D eigenvalue weighted by molar-refractivity contribution is 7.80. The van der Waals surface area contributed by atoms with Gasteiger partial charge in [-0.2, -0.15) is 0 Å². The van der Waals surface area contributed by atoms with Crippen LogP contribution in [0.2, 0.25) is 0 Å².